The molecule has 0 fully saturated rings. The molecule has 80 valence electrons. The lowest BCUT2D eigenvalue weighted by Gasteiger charge is -2.04. The number of carboxylic acid groups (broad SMARTS) is 1. The average Bonchev–Trinajstić information content (AvgIpc) is 2.53. The van der Waals surface area contributed by atoms with Crippen LogP contribution >= 0.6 is 0 Å². The van der Waals surface area contributed by atoms with Gasteiger partial charge in [-0.15, -0.1) is 0 Å². The quantitative estimate of drug-likeness (QED) is 0.806. The van der Waals surface area contributed by atoms with E-state index in [-0.39, 0.29) is 6.61 Å². The highest BCUT2D eigenvalue weighted by molar-refractivity contribution is 5.68. The highest BCUT2D eigenvalue weighted by Gasteiger charge is 2.15. The molecule has 1 aromatic rings. The number of hydrogen-bond acceptors (Lipinski definition) is 3. The van der Waals surface area contributed by atoms with Crippen molar-refractivity contribution in [2.45, 2.75) is 13.1 Å². The summed E-state index contributed by atoms with van der Waals surface area (Å²) in [6.07, 6.45) is 0. The van der Waals surface area contributed by atoms with Crippen LogP contribution in [0, 0.1) is 0 Å². The first-order valence-electron chi connectivity index (χ1n) is 4.80. The van der Waals surface area contributed by atoms with Gasteiger partial charge >= 0.3 is 5.97 Å². The molecule has 0 bridgehead atoms. The minimum atomic E-state index is -0.951. The van der Waals surface area contributed by atoms with E-state index < -0.39 is 5.97 Å². The van der Waals surface area contributed by atoms with Gasteiger partial charge in [0, 0.05) is 13.1 Å². The smallest absolute Gasteiger partial charge is 0.341 e. The van der Waals surface area contributed by atoms with Crippen molar-refractivity contribution >= 4 is 5.97 Å². The molecule has 4 heteroatoms. The zero-order chi connectivity index (χ0) is 10.8. The second-order valence-electron chi connectivity index (χ2n) is 3.79. The van der Waals surface area contributed by atoms with E-state index in [1.807, 2.05) is 18.2 Å². The van der Waals surface area contributed by atoms with Crippen LogP contribution in [0.3, 0.4) is 0 Å². The van der Waals surface area contributed by atoms with E-state index in [1.165, 1.54) is 11.1 Å². The van der Waals surface area contributed by atoms with E-state index in [4.69, 9.17) is 9.84 Å². The minimum absolute atomic E-state index is 0.283. The molecule has 0 amide bonds. The summed E-state index contributed by atoms with van der Waals surface area (Å²) in [6.45, 7) is 1.57. The topological polar surface area (TPSA) is 49.8 Å². The molecule has 1 aliphatic heterocycles. The first kappa shape index (κ1) is 9.98. The maximum atomic E-state index is 10.3. The van der Waals surface area contributed by atoms with Gasteiger partial charge in [0.2, 0.25) is 0 Å². The van der Waals surface area contributed by atoms with Crippen molar-refractivity contribution in [3.8, 4) is 5.75 Å². The van der Waals surface area contributed by atoms with Crippen molar-refractivity contribution in [2.75, 3.05) is 13.7 Å². The van der Waals surface area contributed by atoms with Gasteiger partial charge in [-0.25, -0.2) is 4.79 Å². The molecule has 15 heavy (non-hydrogen) atoms. The summed E-state index contributed by atoms with van der Waals surface area (Å²) in [5.41, 5.74) is 2.51. The Morgan fingerprint density at radius 1 is 1.47 bits per heavy atom. The van der Waals surface area contributed by atoms with Crippen LogP contribution in [0.25, 0.3) is 0 Å². The molecule has 0 aromatic heterocycles. The Hall–Kier alpha value is -1.55. The molecule has 2 rings (SSSR count). The zero-order valence-electron chi connectivity index (χ0n) is 8.56. The largest absolute Gasteiger partial charge is 0.482 e. The number of rotatable bonds is 3. The standard InChI is InChI=1S/C11H13NO3/c1-12-5-8-2-3-10(4-9(8)6-12)15-7-11(13)14/h2-4H,5-7H2,1H3,(H,13,14). The van der Waals surface area contributed by atoms with E-state index >= 15 is 0 Å². The first-order valence-corrected chi connectivity index (χ1v) is 4.80. The Morgan fingerprint density at radius 3 is 2.93 bits per heavy atom. The summed E-state index contributed by atoms with van der Waals surface area (Å²) in [7, 11) is 2.05. The summed E-state index contributed by atoms with van der Waals surface area (Å²) in [4.78, 5) is 12.5. The highest BCUT2D eigenvalue weighted by atomic mass is 16.5. The molecule has 1 aliphatic rings. The molecule has 0 aliphatic carbocycles. The third-order valence-corrected chi connectivity index (χ3v) is 2.42. The SMILES string of the molecule is CN1Cc2ccc(OCC(=O)O)cc2C1. The summed E-state index contributed by atoms with van der Waals surface area (Å²) in [5, 5.41) is 8.48. The summed E-state index contributed by atoms with van der Waals surface area (Å²) >= 11 is 0. The lowest BCUT2D eigenvalue weighted by molar-refractivity contribution is -0.139. The van der Waals surface area contributed by atoms with Gasteiger partial charge in [0.15, 0.2) is 6.61 Å². The molecular formula is C11H13NO3. The Labute approximate surface area is 88.1 Å². The van der Waals surface area contributed by atoms with Crippen LogP contribution in [0.15, 0.2) is 18.2 Å². The van der Waals surface area contributed by atoms with E-state index in [1.54, 1.807) is 0 Å². The van der Waals surface area contributed by atoms with Crippen LogP contribution in [-0.4, -0.2) is 29.6 Å². The second-order valence-corrected chi connectivity index (χ2v) is 3.79. The predicted octanol–water partition coefficient (Wildman–Crippen LogP) is 1.10. The Balaban J connectivity index is 2.09. The molecule has 0 radical (unpaired) electrons. The van der Waals surface area contributed by atoms with Crippen molar-refractivity contribution in [1.29, 1.82) is 0 Å². The van der Waals surface area contributed by atoms with Gasteiger partial charge < -0.3 is 9.84 Å². The third-order valence-electron chi connectivity index (χ3n) is 2.42. The van der Waals surface area contributed by atoms with Crippen LogP contribution in [-0.2, 0) is 17.9 Å². The van der Waals surface area contributed by atoms with Crippen LogP contribution in [0.4, 0.5) is 0 Å². The number of aliphatic carboxylic acids is 1. The van der Waals surface area contributed by atoms with Crippen molar-refractivity contribution in [3.05, 3.63) is 29.3 Å². The number of carboxylic acids is 1. The molecule has 4 nitrogen and oxygen atoms in total. The second kappa shape index (κ2) is 3.90. The van der Waals surface area contributed by atoms with Gasteiger partial charge in [-0.2, -0.15) is 0 Å². The molecule has 0 spiro atoms. The van der Waals surface area contributed by atoms with Gasteiger partial charge in [-0.1, -0.05) is 6.07 Å². The monoisotopic (exact) mass is 207 g/mol. The molecule has 1 N–H and O–H groups in total. The van der Waals surface area contributed by atoms with Gasteiger partial charge in [0.1, 0.15) is 5.75 Å². The molecule has 0 atom stereocenters. The maximum Gasteiger partial charge on any atom is 0.341 e. The van der Waals surface area contributed by atoms with Crippen LogP contribution in [0.2, 0.25) is 0 Å². The van der Waals surface area contributed by atoms with E-state index in [0.717, 1.165) is 13.1 Å². The highest BCUT2D eigenvalue weighted by Crippen LogP contribution is 2.25. The van der Waals surface area contributed by atoms with Gasteiger partial charge in [0.25, 0.3) is 0 Å². The molecule has 0 unspecified atom stereocenters. The minimum Gasteiger partial charge on any atom is -0.482 e. The average molecular weight is 207 g/mol. The van der Waals surface area contributed by atoms with E-state index in [9.17, 15) is 4.79 Å². The van der Waals surface area contributed by atoms with Crippen molar-refractivity contribution in [1.82, 2.24) is 4.90 Å². The van der Waals surface area contributed by atoms with Gasteiger partial charge in [-0.05, 0) is 30.3 Å². The zero-order valence-corrected chi connectivity index (χ0v) is 8.56. The van der Waals surface area contributed by atoms with Gasteiger partial charge in [0.05, 0.1) is 0 Å². The maximum absolute atomic E-state index is 10.3. The van der Waals surface area contributed by atoms with Gasteiger partial charge in [-0.3, -0.25) is 4.90 Å². The fourth-order valence-corrected chi connectivity index (χ4v) is 1.78. The summed E-state index contributed by atoms with van der Waals surface area (Å²) in [5.74, 6) is -0.320. The van der Waals surface area contributed by atoms with Crippen molar-refractivity contribution < 1.29 is 14.6 Å². The number of benzene rings is 1. The normalized spacial score (nSPS) is 15.0. The van der Waals surface area contributed by atoms with E-state index in [2.05, 4.69) is 11.9 Å². The molecule has 0 saturated carbocycles. The fraction of sp³-hybridized carbons (Fsp3) is 0.364. The van der Waals surface area contributed by atoms with E-state index in [0.29, 0.717) is 5.75 Å². The lowest BCUT2D eigenvalue weighted by Crippen LogP contribution is -2.09. The fourth-order valence-electron chi connectivity index (χ4n) is 1.78. The number of nitrogens with zero attached hydrogens (tertiary/aromatic N) is 1. The third kappa shape index (κ3) is 2.27. The first-order chi connectivity index (χ1) is 7.15. The van der Waals surface area contributed by atoms with Crippen molar-refractivity contribution in [3.63, 3.8) is 0 Å². The predicted molar refractivity (Wildman–Crippen MR) is 54.7 cm³/mol. The number of carbonyl (C=O) groups is 1. The van der Waals surface area contributed by atoms with Crippen LogP contribution in [0.5, 0.6) is 5.75 Å². The Morgan fingerprint density at radius 2 is 2.20 bits per heavy atom. The molecule has 1 aromatic carbocycles. The number of hydrogen-bond donors (Lipinski definition) is 1. The summed E-state index contributed by atoms with van der Waals surface area (Å²) < 4.78 is 5.11. The summed E-state index contributed by atoms with van der Waals surface area (Å²) in [6, 6.07) is 5.73. The number of ether oxygens (including phenoxy) is 1. The molecular weight excluding hydrogens is 194 g/mol. The molecule has 1 heterocycles. The molecule has 0 saturated heterocycles. The Bertz CT molecular complexity index is 389. The van der Waals surface area contributed by atoms with Crippen LogP contribution in [0.1, 0.15) is 11.1 Å². The van der Waals surface area contributed by atoms with Crippen LogP contribution < -0.4 is 4.74 Å². The lowest BCUT2D eigenvalue weighted by atomic mass is 10.1. The van der Waals surface area contributed by atoms with Crippen molar-refractivity contribution in [2.24, 2.45) is 0 Å². The Kier molecular flexibility index (Phi) is 2.60. The number of fused-ring (bicyclic) bond motifs is 1.